The van der Waals surface area contributed by atoms with Gasteiger partial charge in [-0.05, 0) is 73.7 Å². The van der Waals surface area contributed by atoms with E-state index in [1.54, 1.807) is 30.3 Å². The maximum absolute atomic E-state index is 12.8. The van der Waals surface area contributed by atoms with E-state index >= 15 is 0 Å². The fourth-order valence-corrected chi connectivity index (χ4v) is 5.11. The number of allylic oxidation sites excluding steroid dienone is 2. The minimum absolute atomic E-state index is 0.137. The predicted octanol–water partition coefficient (Wildman–Crippen LogP) is 6.94. The van der Waals surface area contributed by atoms with Crippen molar-refractivity contribution in [2.75, 3.05) is 5.32 Å². The number of aromatic nitrogens is 2. The predicted molar refractivity (Wildman–Crippen MR) is 142 cm³/mol. The van der Waals surface area contributed by atoms with Crippen LogP contribution in [0.4, 0.5) is 10.5 Å². The van der Waals surface area contributed by atoms with Crippen LogP contribution < -0.4 is 15.6 Å². The van der Waals surface area contributed by atoms with E-state index in [1.165, 1.54) is 34.6 Å². The highest BCUT2D eigenvalue weighted by atomic mass is 35.5. The van der Waals surface area contributed by atoms with Gasteiger partial charge < -0.3 is 5.32 Å². The number of nitrogens with one attached hydrogen (secondary N) is 2. The van der Waals surface area contributed by atoms with E-state index in [0.29, 0.717) is 26.6 Å². The Morgan fingerprint density at radius 2 is 1.85 bits per heavy atom. The third-order valence-corrected chi connectivity index (χ3v) is 6.81. The number of amides is 2. The molecular formula is C24H25ClN4O2S2. The van der Waals surface area contributed by atoms with Crippen LogP contribution >= 0.6 is 35.3 Å². The molecule has 0 bridgehead atoms. The zero-order chi connectivity index (χ0) is 23.8. The summed E-state index contributed by atoms with van der Waals surface area (Å²) in [6.45, 7) is 5.96. The Labute approximate surface area is 206 Å². The number of carbonyl (C=O) groups is 1. The molecule has 9 heteroatoms. The van der Waals surface area contributed by atoms with Gasteiger partial charge in [0.15, 0.2) is 0 Å². The average molecular weight is 501 g/mol. The van der Waals surface area contributed by atoms with Crippen molar-refractivity contribution in [2.45, 2.75) is 33.6 Å². The molecule has 33 heavy (non-hydrogen) atoms. The van der Waals surface area contributed by atoms with Crippen molar-refractivity contribution in [1.29, 1.82) is 0 Å². The number of carbonyl (C=O) groups excluding carboxylic acids is 1. The van der Waals surface area contributed by atoms with E-state index in [2.05, 4.69) is 15.0 Å². The molecule has 0 atom stereocenters. The van der Waals surface area contributed by atoms with E-state index in [0.717, 1.165) is 22.6 Å². The molecule has 6 nitrogen and oxygen atoms in total. The van der Waals surface area contributed by atoms with Crippen LogP contribution in [0, 0.1) is 6.92 Å². The molecule has 3 aromatic rings. The molecule has 0 saturated carbocycles. The van der Waals surface area contributed by atoms with Crippen LogP contribution in [-0.4, -0.2) is 15.6 Å². The zero-order valence-corrected chi connectivity index (χ0v) is 21.0. The lowest BCUT2D eigenvalue weighted by Gasteiger charge is -2.10. The van der Waals surface area contributed by atoms with Gasteiger partial charge in [0, 0.05) is 5.69 Å². The molecule has 2 heterocycles. The number of aryl methyl sites for hydroxylation is 1. The second kappa shape index (κ2) is 12.0. The molecule has 0 saturated heterocycles. The summed E-state index contributed by atoms with van der Waals surface area (Å²) in [4.78, 5) is 29.4. The van der Waals surface area contributed by atoms with Gasteiger partial charge in [0.1, 0.15) is 6.33 Å². The highest BCUT2D eigenvalue weighted by Crippen LogP contribution is 2.37. The number of rotatable bonds is 4. The molecule has 0 radical (unpaired) electrons. The smallest absolute Gasteiger partial charge is 0.307 e. The number of hydrogen-bond donors (Lipinski definition) is 2. The van der Waals surface area contributed by atoms with Gasteiger partial charge in [-0.3, -0.25) is 14.1 Å². The molecule has 4 rings (SSSR count). The molecule has 0 aliphatic carbocycles. The van der Waals surface area contributed by atoms with Gasteiger partial charge in [-0.15, -0.1) is 0 Å². The lowest BCUT2D eigenvalue weighted by atomic mass is 10.2. The number of halogens is 1. The monoisotopic (exact) mass is 500 g/mol. The second-order valence-corrected chi connectivity index (χ2v) is 9.68. The first-order valence-electron chi connectivity index (χ1n) is 10.6. The number of benzene rings is 2. The first-order valence-corrected chi connectivity index (χ1v) is 12.6. The highest BCUT2D eigenvalue weighted by Gasteiger charge is 2.10. The van der Waals surface area contributed by atoms with Crippen LogP contribution in [-0.2, 0) is 0 Å². The fourth-order valence-electron chi connectivity index (χ4n) is 3.01. The third-order valence-electron chi connectivity index (χ3n) is 4.54. The van der Waals surface area contributed by atoms with Crippen LogP contribution in [0.15, 0.2) is 74.3 Å². The van der Waals surface area contributed by atoms with Crippen LogP contribution in [0.3, 0.4) is 0 Å². The molecule has 0 spiro atoms. The van der Waals surface area contributed by atoms with Gasteiger partial charge in [0.05, 0.1) is 25.2 Å². The average Bonchev–Trinajstić information content (AvgIpc) is 3.03. The minimum Gasteiger partial charge on any atom is -0.307 e. The molecule has 172 valence electrons. The molecule has 0 fully saturated rings. The van der Waals surface area contributed by atoms with Crippen molar-refractivity contribution in [2.24, 2.45) is 0 Å². The fraction of sp³-hybridized carbons (Fsp3) is 0.208. The van der Waals surface area contributed by atoms with Crippen LogP contribution in [0.2, 0.25) is 0 Å². The maximum Gasteiger partial charge on any atom is 0.329 e. The van der Waals surface area contributed by atoms with E-state index < -0.39 is 0 Å². The summed E-state index contributed by atoms with van der Waals surface area (Å²) in [6, 6.07) is 12.2. The Bertz CT molecular complexity index is 1250. The molecule has 1 aliphatic rings. The summed E-state index contributed by atoms with van der Waals surface area (Å²) in [5, 5.41) is 3.34. The molecular weight excluding hydrogens is 476 g/mol. The van der Waals surface area contributed by atoms with Gasteiger partial charge in [-0.25, -0.2) is 9.78 Å². The summed E-state index contributed by atoms with van der Waals surface area (Å²) in [6.07, 6.45) is 7.32. The van der Waals surface area contributed by atoms with Gasteiger partial charge in [0.2, 0.25) is 0 Å². The van der Waals surface area contributed by atoms with Crippen LogP contribution in [0.25, 0.3) is 16.6 Å². The maximum atomic E-state index is 12.8. The topological polar surface area (TPSA) is 76.0 Å². The number of hydrogen-bond acceptors (Lipinski definition) is 5. The van der Waals surface area contributed by atoms with Crippen molar-refractivity contribution >= 4 is 57.9 Å². The third kappa shape index (κ3) is 6.66. The number of thioether (sulfide) groups is 1. The van der Waals surface area contributed by atoms with E-state index in [4.69, 9.17) is 11.6 Å². The van der Waals surface area contributed by atoms with Crippen LogP contribution in [0.1, 0.15) is 32.3 Å². The Kier molecular flexibility index (Phi) is 9.05. The Hall–Kier alpha value is -2.68. The van der Waals surface area contributed by atoms with Crippen molar-refractivity contribution in [1.82, 2.24) is 14.3 Å². The summed E-state index contributed by atoms with van der Waals surface area (Å²) in [7, 11) is 0. The van der Waals surface area contributed by atoms with Crippen molar-refractivity contribution < 1.29 is 4.79 Å². The molecule has 1 aliphatic heterocycles. The molecule has 2 amide bonds. The first-order chi connectivity index (χ1) is 16.0. The standard InChI is InChI=1S/C22H19ClN4O2S2.C2H6/c1-14-6-11-17-18(12-14)24-13-27(21(17)28)16-9-7-15(8-10-16)25-22(29)26-31-20-5-3-2-4-19(23)30-20;1-2/h4-13H,2-3H2,1H3,(H2,25,26,29);1-2H3. The largest absolute Gasteiger partial charge is 0.329 e. The van der Waals surface area contributed by atoms with Crippen molar-refractivity contribution in [3.63, 3.8) is 0 Å². The van der Waals surface area contributed by atoms with Gasteiger partial charge in [-0.2, -0.15) is 0 Å². The Morgan fingerprint density at radius 1 is 1.12 bits per heavy atom. The Balaban J connectivity index is 0.00000149. The number of anilines is 1. The zero-order valence-electron chi connectivity index (χ0n) is 18.6. The van der Waals surface area contributed by atoms with Crippen molar-refractivity contribution in [3.8, 4) is 5.69 Å². The van der Waals surface area contributed by atoms with E-state index in [-0.39, 0.29) is 11.6 Å². The molecule has 1 aromatic heterocycles. The molecule has 0 unspecified atom stereocenters. The van der Waals surface area contributed by atoms with E-state index in [9.17, 15) is 9.59 Å². The van der Waals surface area contributed by atoms with Gasteiger partial charge in [0.25, 0.3) is 5.56 Å². The van der Waals surface area contributed by atoms with E-state index in [1.807, 2.05) is 45.1 Å². The summed E-state index contributed by atoms with van der Waals surface area (Å²) in [5.74, 6) is 0. The Morgan fingerprint density at radius 3 is 2.61 bits per heavy atom. The minimum atomic E-state index is -0.344. The number of fused-ring (bicyclic) bond motifs is 1. The SMILES string of the molecule is CC.Cc1ccc2c(=O)n(-c3ccc(NC(=O)NSC4=CCCC=C(Cl)S4)cc3)cnc2c1. The van der Waals surface area contributed by atoms with Crippen LogP contribution in [0.5, 0.6) is 0 Å². The lowest BCUT2D eigenvalue weighted by Crippen LogP contribution is -2.23. The number of urea groups is 1. The van der Waals surface area contributed by atoms with Gasteiger partial charge >= 0.3 is 6.03 Å². The first kappa shape index (κ1) is 25.0. The summed E-state index contributed by atoms with van der Waals surface area (Å²) in [5.41, 5.74) is 2.87. The lowest BCUT2D eigenvalue weighted by molar-refractivity contribution is 0.257. The second-order valence-electron chi connectivity index (χ2n) is 6.86. The highest BCUT2D eigenvalue weighted by molar-refractivity contribution is 8.24. The quantitative estimate of drug-likeness (QED) is 0.379. The van der Waals surface area contributed by atoms with Gasteiger partial charge in [-0.1, -0.05) is 55.4 Å². The summed E-state index contributed by atoms with van der Waals surface area (Å²) >= 11 is 8.75. The molecule has 2 aromatic carbocycles. The normalized spacial score (nSPS) is 13.2. The summed E-state index contributed by atoms with van der Waals surface area (Å²) < 4.78 is 5.89. The molecule has 2 N–H and O–H groups in total. The van der Waals surface area contributed by atoms with Crippen molar-refractivity contribution in [3.05, 3.63) is 85.5 Å². The number of nitrogens with zero attached hydrogens (tertiary/aromatic N) is 2.